The first-order valence-electron chi connectivity index (χ1n) is 12.6. The number of nitrogens with zero attached hydrogens (tertiary/aromatic N) is 4. The topological polar surface area (TPSA) is 92.3 Å². The van der Waals surface area contributed by atoms with Gasteiger partial charge in [-0.15, -0.1) is 12.4 Å². The number of anilines is 2. The van der Waals surface area contributed by atoms with Crippen molar-refractivity contribution in [1.29, 1.82) is 0 Å². The molecule has 0 bridgehead atoms. The zero-order chi connectivity index (χ0) is 27.6. The maximum Gasteiger partial charge on any atom is 0.264 e. The van der Waals surface area contributed by atoms with Crippen LogP contribution in [0.2, 0.25) is 0 Å². The number of fused-ring (bicyclic) bond motifs is 2. The van der Waals surface area contributed by atoms with Crippen LogP contribution >= 0.6 is 23.7 Å². The van der Waals surface area contributed by atoms with Crippen molar-refractivity contribution >= 4 is 60.7 Å². The molecule has 9 nitrogen and oxygen atoms in total. The summed E-state index contributed by atoms with van der Waals surface area (Å²) in [4.78, 5) is 22.2. The van der Waals surface area contributed by atoms with Crippen LogP contribution in [-0.4, -0.2) is 71.2 Å². The normalized spacial score (nSPS) is 12.7. The third kappa shape index (κ3) is 6.02. The average Bonchev–Trinajstić information content (AvgIpc) is 3.34. The van der Waals surface area contributed by atoms with Crippen LogP contribution in [0.4, 0.5) is 10.8 Å². The number of halogens is 1. The van der Waals surface area contributed by atoms with Crippen molar-refractivity contribution < 1.29 is 22.7 Å². The number of hydrogen-bond donors (Lipinski definition) is 0. The molecule has 0 spiro atoms. The molecule has 3 aromatic carbocycles. The van der Waals surface area contributed by atoms with Crippen molar-refractivity contribution in [3.63, 3.8) is 0 Å². The highest BCUT2D eigenvalue weighted by Gasteiger charge is 2.26. The zero-order valence-corrected chi connectivity index (χ0v) is 24.9. The van der Waals surface area contributed by atoms with Crippen LogP contribution in [0.3, 0.4) is 0 Å². The molecule has 40 heavy (non-hydrogen) atoms. The first kappa shape index (κ1) is 29.6. The minimum Gasteiger partial charge on any atom is -0.486 e. The Morgan fingerprint density at radius 1 is 0.950 bits per heavy atom. The van der Waals surface area contributed by atoms with Crippen molar-refractivity contribution in [2.24, 2.45) is 0 Å². The molecule has 1 amide bonds. The van der Waals surface area contributed by atoms with Crippen LogP contribution in [-0.2, 0) is 10.0 Å². The van der Waals surface area contributed by atoms with Crippen molar-refractivity contribution in [3.8, 4) is 11.5 Å². The van der Waals surface area contributed by atoms with Crippen LogP contribution in [0.1, 0.15) is 17.3 Å². The smallest absolute Gasteiger partial charge is 0.264 e. The number of amides is 1. The molecule has 12 heteroatoms. The molecule has 0 radical (unpaired) electrons. The van der Waals surface area contributed by atoms with E-state index >= 15 is 0 Å². The number of carbonyl (C=O) groups excluding carboxylic acids is 1. The maximum absolute atomic E-state index is 13.7. The summed E-state index contributed by atoms with van der Waals surface area (Å²) in [5.41, 5.74) is 1.69. The van der Waals surface area contributed by atoms with Crippen LogP contribution in [0.5, 0.6) is 11.5 Å². The molecule has 2 heterocycles. The molecule has 1 aromatic heterocycles. The monoisotopic (exact) mass is 602 g/mol. The highest BCUT2D eigenvalue weighted by molar-refractivity contribution is 7.92. The summed E-state index contributed by atoms with van der Waals surface area (Å²) in [6.45, 7) is 4.08. The maximum atomic E-state index is 13.7. The van der Waals surface area contributed by atoms with Gasteiger partial charge in [0.1, 0.15) is 13.2 Å². The molecule has 5 rings (SSSR count). The Labute approximate surface area is 244 Å². The number of aromatic nitrogens is 1. The van der Waals surface area contributed by atoms with Gasteiger partial charge < -0.3 is 14.4 Å². The standard InChI is InChI=1S/C28H30N4O5S2.ClH/c1-4-32(21-8-6-5-7-9-21)39(34,35)22-12-10-20(11-13-22)27(33)31(15-14-30(2)3)28-29-23-18-24-25(19-26(23)38-28)37-17-16-36-24;/h5-13,18-19H,4,14-17H2,1-3H3;1H. The highest BCUT2D eigenvalue weighted by atomic mass is 35.5. The van der Waals surface area contributed by atoms with E-state index in [9.17, 15) is 13.2 Å². The summed E-state index contributed by atoms with van der Waals surface area (Å²) in [6, 6.07) is 18.8. The quantitative estimate of drug-likeness (QED) is 0.269. The van der Waals surface area contributed by atoms with E-state index in [2.05, 4.69) is 0 Å². The van der Waals surface area contributed by atoms with Crippen molar-refractivity contribution in [2.45, 2.75) is 11.8 Å². The number of thiazole rings is 1. The molecule has 0 aliphatic carbocycles. The number of para-hydroxylation sites is 1. The van der Waals surface area contributed by atoms with Gasteiger partial charge in [-0.05, 0) is 57.4 Å². The lowest BCUT2D eigenvalue weighted by atomic mass is 10.2. The molecular formula is C28H31ClN4O5S2. The third-order valence-corrected chi connectivity index (χ3v) is 9.27. The molecule has 1 aliphatic rings. The van der Waals surface area contributed by atoms with Gasteiger partial charge in [-0.1, -0.05) is 29.5 Å². The molecule has 1 aliphatic heterocycles. The summed E-state index contributed by atoms with van der Waals surface area (Å²) in [7, 11) is 0.0819. The molecule has 0 fully saturated rings. The SMILES string of the molecule is CCN(c1ccccc1)S(=O)(=O)c1ccc(C(=O)N(CCN(C)C)c2nc3cc4c(cc3s2)OCCO4)cc1.Cl. The van der Waals surface area contributed by atoms with Crippen molar-refractivity contribution in [1.82, 2.24) is 9.88 Å². The Hall–Kier alpha value is -3.38. The number of hydrogen-bond acceptors (Lipinski definition) is 8. The van der Waals surface area contributed by atoms with Crippen LogP contribution in [0, 0.1) is 0 Å². The lowest BCUT2D eigenvalue weighted by molar-refractivity contribution is 0.0985. The number of likely N-dealkylation sites (N-methyl/N-ethyl adjacent to an activating group) is 1. The molecule has 0 unspecified atom stereocenters. The van der Waals surface area contributed by atoms with Gasteiger partial charge in [0.15, 0.2) is 16.6 Å². The van der Waals surface area contributed by atoms with Gasteiger partial charge in [-0.2, -0.15) is 0 Å². The van der Waals surface area contributed by atoms with E-state index in [-0.39, 0.29) is 29.8 Å². The average molecular weight is 603 g/mol. The minimum atomic E-state index is -3.80. The second kappa shape index (κ2) is 12.4. The molecule has 0 N–H and O–H groups in total. The van der Waals surface area contributed by atoms with Crippen LogP contribution in [0.25, 0.3) is 10.2 Å². The fraction of sp³-hybridized carbons (Fsp3) is 0.286. The first-order chi connectivity index (χ1) is 18.8. The second-order valence-electron chi connectivity index (χ2n) is 9.25. The number of benzene rings is 3. The van der Waals surface area contributed by atoms with E-state index in [0.29, 0.717) is 54.2 Å². The largest absolute Gasteiger partial charge is 0.486 e. The zero-order valence-electron chi connectivity index (χ0n) is 22.4. The van der Waals surface area contributed by atoms with Gasteiger partial charge in [0.25, 0.3) is 15.9 Å². The predicted octanol–water partition coefficient (Wildman–Crippen LogP) is 4.91. The van der Waals surface area contributed by atoms with Crippen LogP contribution in [0.15, 0.2) is 71.6 Å². The van der Waals surface area contributed by atoms with Gasteiger partial charge in [0, 0.05) is 37.3 Å². The van der Waals surface area contributed by atoms with E-state index in [1.165, 1.54) is 27.8 Å². The number of ether oxygens (including phenoxy) is 2. The first-order valence-corrected chi connectivity index (χ1v) is 14.9. The second-order valence-corrected chi connectivity index (χ2v) is 12.1. The molecule has 4 aromatic rings. The summed E-state index contributed by atoms with van der Waals surface area (Å²) in [6.07, 6.45) is 0. The lowest BCUT2D eigenvalue weighted by Crippen LogP contribution is -2.36. The Balaban J connectivity index is 0.00000370. The highest BCUT2D eigenvalue weighted by Crippen LogP contribution is 2.39. The van der Waals surface area contributed by atoms with Gasteiger partial charge in [0.05, 0.1) is 20.8 Å². The van der Waals surface area contributed by atoms with E-state index < -0.39 is 10.0 Å². The van der Waals surface area contributed by atoms with E-state index in [1.807, 2.05) is 37.2 Å². The Morgan fingerprint density at radius 2 is 1.60 bits per heavy atom. The fourth-order valence-electron chi connectivity index (χ4n) is 4.29. The molecule has 0 saturated carbocycles. The van der Waals surface area contributed by atoms with Gasteiger partial charge >= 0.3 is 0 Å². The molecule has 0 atom stereocenters. The van der Waals surface area contributed by atoms with E-state index in [1.54, 1.807) is 48.2 Å². The molecular weight excluding hydrogens is 572 g/mol. The van der Waals surface area contributed by atoms with Crippen LogP contribution < -0.4 is 18.7 Å². The molecule has 0 saturated heterocycles. The number of rotatable bonds is 9. The molecule has 212 valence electrons. The van der Waals surface area contributed by atoms with Gasteiger partial charge in [-0.25, -0.2) is 13.4 Å². The predicted molar refractivity (Wildman–Crippen MR) is 161 cm³/mol. The van der Waals surface area contributed by atoms with Gasteiger partial charge in [-0.3, -0.25) is 14.0 Å². The van der Waals surface area contributed by atoms with Crippen molar-refractivity contribution in [3.05, 3.63) is 72.3 Å². The summed E-state index contributed by atoms with van der Waals surface area (Å²) < 4.78 is 40.4. The number of carbonyl (C=O) groups is 1. The minimum absolute atomic E-state index is 0. The van der Waals surface area contributed by atoms with Crippen molar-refractivity contribution in [2.75, 3.05) is 56.1 Å². The summed E-state index contributed by atoms with van der Waals surface area (Å²) >= 11 is 1.40. The third-order valence-electron chi connectivity index (χ3n) is 6.31. The van der Waals surface area contributed by atoms with E-state index in [4.69, 9.17) is 14.5 Å². The van der Waals surface area contributed by atoms with E-state index in [0.717, 1.165) is 10.2 Å². The number of sulfonamides is 1. The lowest BCUT2D eigenvalue weighted by Gasteiger charge is -2.24. The Bertz CT molecular complexity index is 1530. The summed E-state index contributed by atoms with van der Waals surface area (Å²) in [5.74, 6) is 1.06. The Morgan fingerprint density at radius 3 is 2.23 bits per heavy atom. The fourth-order valence-corrected chi connectivity index (χ4v) is 6.76. The van der Waals surface area contributed by atoms with Gasteiger partial charge in [0.2, 0.25) is 0 Å². The summed E-state index contributed by atoms with van der Waals surface area (Å²) in [5, 5.41) is 0.553. The Kier molecular flexibility index (Phi) is 9.19.